The molecule has 0 atom stereocenters. The number of carbonyl (C=O) groups excluding carboxylic acids is 1. The first-order chi connectivity index (χ1) is 18.4. The van der Waals surface area contributed by atoms with Crippen LogP contribution >= 0.6 is 0 Å². The number of nitriles is 1. The molecular weight excluding hydrogens is 468 g/mol. The van der Waals surface area contributed by atoms with Crippen molar-refractivity contribution in [2.24, 2.45) is 4.99 Å². The molecule has 0 saturated heterocycles. The number of aliphatic imine (C=N–C) groups is 1. The van der Waals surface area contributed by atoms with Crippen LogP contribution in [0.2, 0.25) is 0 Å². The Bertz CT molecular complexity index is 1370. The molecule has 3 aromatic rings. The fourth-order valence-corrected chi connectivity index (χ4v) is 4.82. The Morgan fingerprint density at radius 2 is 1.58 bits per heavy atom. The molecule has 190 valence electrons. The number of allylic oxidation sites excluding steroid dienone is 1. The van der Waals surface area contributed by atoms with Gasteiger partial charge in [-0.15, -0.1) is 0 Å². The van der Waals surface area contributed by atoms with E-state index in [0.717, 1.165) is 35.8 Å². The molecule has 5 heteroatoms. The van der Waals surface area contributed by atoms with Crippen molar-refractivity contribution in [1.82, 2.24) is 9.80 Å². The molecule has 38 heavy (non-hydrogen) atoms. The van der Waals surface area contributed by atoms with Crippen molar-refractivity contribution in [1.29, 1.82) is 5.26 Å². The predicted molar refractivity (Wildman–Crippen MR) is 154 cm³/mol. The molecule has 5 rings (SSSR count). The molecule has 0 aromatic heterocycles. The van der Waals surface area contributed by atoms with Crippen molar-refractivity contribution in [3.63, 3.8) is 0 Å². The van der Waals surface area contributed by atoms with Crippen LogP contribution in [0.4, 0.5) is 0 Å². The summed E-state index contributed by atoms with van der Waals surface area (Å²) in [6.45, 7) is 13.0. The van der Waals surface area contributed by atoms with Gasteiger partial charge in [-0.2, -0.15) is 5.26 Å². The van der Waals surface area contributed by atoms with E-state index in [1.807, 2.05) is 42.2 Å². The van der Waals surface area contributed by atoms with E-state index in [4.69, 9.17) is 10.3 Å². The zero-order chi connectivity index (χ0) is 27.1. The van der Waals surface area contributed by atoms with E-state index >= 15 is 0 Å². The normalized spacial score (nSPS) is 14.7. The minimum absolute atomic E-state index is 0.0125. The second-order valence-corrected chi connectivity index (χ2v) is 9.25. The van der Waals surface area contributed by atoms with Gasteiger partial charge < -0.3 is 9.80 Å². The first-order valence-corrected chi connectivity index (χ1v) is 12.7. The monoisotopic (exact) mass is 500 g/mol. The van der Waals surface area contributed by atoms with Crippen LogP contribution in [0.1, 0.15) is 48.6 Å². The minimum atomic E-state index is 0.0125. The lowest BCUT2D eigenvalue weighted by atomic mass is 9.92. The summed E-state index contributed by atoms with van der Waals surface area (Å²) in [4.78, 5) is 20.8. The standard InChI is InChI=1S/C24H25N3O.C9H7N/c1-17-22-14-15-26(19(3)28)16-23(22)25-18(2)27(17)24(20-10-6-4-7-11-20)21-12-8-5-9-13-21;1-2-8-3-5-9(7-10)6-4-8/h4-13,24H,1,14-16H2,2-3H3;2-6H,1H2. The average molecular weight is 501 g/mol. The summed E-state index contributed by atoms with van der Waals surface area (Å²) < 4.78 is 0. The van der Waals surface area contributed by atoms with E-state index in [-0.39, 0.29) is 11.9 Å². The van der Waals surface area contributed by atoms with Gasteiger partial charge in [0.15, 0.2) is 0 Å². The highest BCUT2D eigenvalue weighted by molar-refractivity contribution is 5.86. The third-order valence-electron chi connectivity index (χ3n) is 6.81. The minimum Gasteiger partial charge on any atom is -0.337 e. The van der Waals surface area contributed by atoms with Crippen molar-refractivity contribution < 1.29 is 4.79 Å². The van der Waals surface area contributed by atoms with Gasteiger partial charge in [0.2, 0.25) is 5.91 Å². The molecule has 2 aliphatic heterocycles. The van der Waals surface area contributed by atoms with Gasteiger partial charge in [0.1, 0.15) is 5.84 Å². The zero-order valence-corrected chi connectivity index (χ0v) is 22.0. The number of amides is 1. The fraction of sp³-hybridized carbons (Fsp3) is 0.182. The van der Waals surface area contributed by atoms with Crippen LogP contribution in [0.15, 0.2) is 120 Å². The number of benzene rings is 3. The van der Waals surface area contributed by atoms with E-state index < -0.39 is 0 Å². The van der Waals surface area contributed by atoms with E-state index in [1.54, 1.807) is 25.1 Å². The summed E-state index contributed by atoms with van der Waals surface area (Å²) in [7, 11) is 0. The summed E-state index contributed by atoms with van der Waals surface area (Å²) in [5.41, 5.74) is 7.26. The smallest absolute Gasteiger partial charge is 0.219 e. The molecule has 0 spiro atoms. The average Bonchev–Trinajstić information content (AvgIpc) is 2.96. The Balaban J connectivity index is 0.000000283. The highest BCUT2D eigenvalue weighted by atomic mass is 16.2. The molecule has 3 aromatic carbocycles. The summed E-state index contributed by atoms with van der Waals surface area (Å²) in [5.74, 6) is 1.01. The van der Waals surface area contributed by atoms with E-state index in [1.165, 1.54) is 16.7 Å². The molecule has 0 N–H and O–H groups in total. The number of carbonyl (C=O) groups is 1. The topological polar surface area (TPSA) is 59.7 Å². The van der Waals surface area contributed by atoms with Gasteiger partial charge in [-0.25, -0.2) is 4.99 Å². The van der Waals surface area contributed by atoms with Crippen molar-refractivity contribution in [3.8, 4) is 6.07 Å². The fourth-order valence-electron chi connectivity index (χ4n) is 4.82. The lowest BCUT2D eigenvalue weighted by molar-refractivity contribution is -0.128. The van der Waals surface area contributed by atoms with Gasteiger partial charge >= 0.3 is 0 Å². The van der Waals surface area contributed by atoms with Gasteiger partial charge in [0.05, 0.1) is 29.9 Å². The number of hydrogen-bond donors (Lipinski definition) is 0. The molecule has 0 aliphatic carbocycles. The Hall–Kier alpha value is -4.69. The number of nitrogens with zero attached hydrogens (tertiary/aromatic N) is 4. The molecule has 0 bridgehead atoms. The van der Waals surface area contributed by atoms with Gasteiger partial charge in [-0.3, -0.25) is 4.79 Å². The molecule has 0 unspecified atom stereocenters. The highest BCUT2D eigenvalue weighted by Crippen LogP contribution is 2.39. The predicted octanol–water partition coefficient (Wildman–Crippen LogP) is 6.73. The van der Waals surface area contributed by atoms with E-state index in [0.29, 0.717) is 12.1 Å². The summed E-state index contributed by atoms with van der Waals surface area (Å²) in [6, 6.07) is 30.3. The van der Waals surface area contributed by atoms with Crippen molar-refractivity contribution in [2.75, 3.05) is 13.1 Å². The van der Waals surface area contributed by atoms with Gasteiger partial charge in [-0.1, -0.05) is 92.0 Å². The van der Waals surface area contributed by atoms with Crippen molar-refractivity contribution in [2.45, 2.75) is 26.3 Å². The Morgan fingerprint density at radius 3 is 2.08 bits per heavy atom. The molecule has 2 heterocycles. The summed E-state index contributed by atoms with van der Waals surface area (Å²) >= 11 is 0. The first kappa shape index (κ1) is 26.4. The number of amidine groups is 1. The number of rotatable bonds is 4. The van der Waals surface area contributed by atoms with Gasteiger partial charge in [-0.05, 0) is 42.2 Å². The highest BCUT2D eigenvalue weighted by Gasteiger charge is 2.33. The van der Waals surface area contributed by atoms with Crippen molar-refractivity contribution >= 4 is 17.8 Å². The maximum Gasteiger partial charge on any atom is 0.219 e. The van der Waals surface area contributed by atoms with Crippen LogP contribution in [-0.4, -0.2) is 34.6 Å². The second-order valence-electron chi connectivity index (χ2n) is 9.25. The summed E-state index contributed by atoms with van der Waals surface area (Å²) in [6.07, 6.45) is 2.54. The molecule has 0 saturated carbocycles. The maximum absolute atomic E-state index is 11.8. The largest absolute Gasteiger partial charge is 0.337 e. The molecule has 0 radical (unpaired) electrons. The molecule has 1 amide bonds. The Kier molecular flexibility index (Phi) is 8.35. The van der Waals surface area contributed by atoms with Gasteiger partial charge in [0.25, 0.3) is 0 Å². The second kappa shape index (κ2) is 12.0. The zero-order valence-electron chi connectivity index (χ0n) is 22.0. The van der Waals surface area contributed by atoms with Crippen LogP contribution in [0.25, 0.3) is 6.08 Å². The number of hydrogen-bond acceptors (Lipinski definition) is 4. The Labute approximate surface area is 225 Å². The maximum atomic E-state index is 11.8. The van der Waals surface area contributed by atoms with Crippen molar-refractivity contribution in [3.05, 3.63) is 137 Å². The van der Waals surface area contributed by atoms with Crippen LogP contribution in [-0.2, 0) is 4.79 Å². The van der Waals surface area contributed by atoms with E-state index in [2.05, 4.69) is 66.6 Å². The quantitative estimate of drug-likeness (QED) is 0.399. The van der Waals surface area contributed by atoms with E-state index in [9.17, 15) is 4.79 Å². The van der Waals surface area contributed by atoms with Crippen LogP contribution in [0.5, 0.6) is 0 Å². The lowest BCUT2D eigenvalue weighted by Gasteiger charge is -2.41. The van der Waals surface area contributed by atoms with Crippen LogP contribution in [0, 0.1) is 11.3 Å². The SMILES string of the molecule is C=C1C2=C(CN(C(C)=O)CC2)N=C(C)N1C(c1ccccc1)c1ccccc1.C=Cc1ccc(C#N)cc1. The third-order valence-corrected chi connectivity index (χ3v) is 6.81. The third kappa shape index (κ3) is 5.82. The molecule has 0 fully saturated rings. The lowest BCUT2D eigenvalue weighted by Crippen LogP contribution is -2.42. The molecule has 2 aliphatic rings. The Morgan fingerprint density at radius 1 is 1.00 bits per heavy atom. The first-order valence-electron chi connectivity index (χ1n) is 12.7. The van der Waals surface area contributed by atoms with Crippen LogP contribution < -0.4 is 0 Å². The molecule has 5 nitrogen and oxygen atoms in total. The molecular formula is C33H32N4O. The van der Waals surface area contributed by atoms with Crippen LogP contribution in [0.3, 0.4) is 0 Å². The van der Waals surface area contributed by atoms with Gasteiger partial charge in [0, 0.05) is 24.7 Å². The summed E-state index contributed by atoms with van der Waals surface area (Å²) in [5, 5.41) is 8.43.